The Morgan fingerprint density at radius 3 is 2.45 bits per heavy atom. The number of piperazine rings is 1. The van der Waals surface area contributed by atoms with Crippen molar-refractivity contribution in [3.63, 3.8) is 0 Å². The molecule has 1 heterocycles. The summed E-state index contributed by atoms with van der Waals surface area (Å²) in [6.07, 6.45) is -1.24. The second kappa shape index (κ2) is 5.94. The lowest BCUT2D eigenvalue weighted by atomic mass is 9.97. The van der Waals surface area contributed by atoms with Crippen molar-refractivity contribution in [2.24, 2.45) is 5.92 Å². The van der Waals surface area contributed by atoms with Gasteiger partial charge in [-0.15, -0.1) is 0 Å². The van der Waals surface area contributed by atoms with Gasteiger partial charge < -0.3 is 15.4 Å². The highest BCUT2D eigenvalue weighted by Gasteiger charge is 2.34. The van der Waals surface area contributed by atoms with E-state index in [1.807, 2.05) is 13.8 Å². The highest BCUT2D eigenvalue weighted by atomic mass is 16.5. The Balaban J connectivity index is 2.25. The fourth-order valence-corrected chi connectivity index (χ4v) is 1.99. The average molecular weight is 278 g/mol. The van der Waals surface area contributed by atoms with Gasteiger partial charge in [-0.1, -0.05) is 26.0 Å². The van der Waals surface area contributed by atoms with Crippen molar-refractivity contribution in [3.05, 3.63) is 29.8 Å². The number of benzene rings is 1. The van der Waals surface area contributed by atoms with E-state index in [1.165, 1.54) is 7.11 Å². The van der Waals surface area contributed by atoms with Gasteiger partial charge in [0.15, 0.2) is 0 Å². The number of hydrogen-bond acceptors (Lipinski definition) is 3. The van der Waals surface area contributed by atoms with Crippen LogP contribution < -0.4 is 15.4 Å². The zero-order valence-corrected chi connectivity index (χ0v) is 11.8. The molecule has 5 nitrogen and oxygen atoms in total. The second-order valence-corrected chi connectivity index (χ2v) is 5.02. The summed E-state index contributed by atoms with van der Waals surface area (Å²) < 4.78 is 21.5. The third kappa shape index (κ3) is 3.10. The van der Waals surface area contributed by atoms with Crippen LogP contribution in [-0.2, 0) is 16.0 Å². The van der Waals surface area contributed by atoms with E-state index in [0.717, 1.165) is 0 Å². The first-order chi connectivity index (χ1) is 10.3. The number of ether oxygens (including phenoxy) is 1. The molecule has 0 spiro atoms. The SMILES string of the molecule is [2H][C@H](c1ccc(OC)cc1)[C@]1([2H])NC(=O)[C@H](C(C)C)NC1=O. The number of carbonyl (C=O) groups is 2. The minimum Gasteiger partial charge on any atom is -0.497 e. The lowest BCUT2D eigenvalue weighted by Crippen LogP contribution is -2.63. The zero-order valence-electron chi connectivity index (χ0n) is 13.8. The van der Waals surface area contributed by atoms with Crippen LogP contribution in [-0.4, -0.2) is 31.0 Å². The molecule has 3 atom stereocenters. The van der Waals surface area contributed by atoms with Crippen LogP contribution in [0.2, 0.25) is 0 Å². The zero-order chi connectivity index (χ0) is 16.5. The lowest BCUT2D eigenvalue weighted by molar-refractivity contribution is -0.137. The number of methoxy groups -OCH3 is 1. The molecule has 0 aliphatic carbocycles. The molecular formula is C15H20N2O3. The molecule has 1 aliphatic heterocycles. The van der Waals surface area contributed by atoms with Crippen molar-refractivity contribution in [2.45, 2.75) is 32.3 Å². The molecule has 1 saturated heterocycles. The normalized spacial score (nSPS) is 29.1. The van der Waals surface area contributed by atoms with Crippen molar-refractivity contribution in [1.29, 1.82) is 0 Å². The van der Waals surface area contributed by atoms with Gasteiger partial charge in [0, 0.05) is 7.77 Å². The molecular weight excluding hydrogens is 256 g/mol. The van der Waals surface area contributed by atoms with E-state index >= 15 is 0 Å². The van der Waals surface area contributed by atoms with Crippen molar-refractivity contribution in [1.82, 2.24) is 10.6 Å². The van der Waals surface area contributed by atoms with Crippen molar-refractivity contribution >= 4 is 11.8 Å². The number of carbonyl (C=O) groups excluding carboxylic acids is 2. The lowest BCUT2D eigenvalue weighted by Gasteiger charge is -2.31. The minimum absolute atomic E-state index is 0.0846. The van der Waals surface area contributed by atoms with Crippen LogP contribution >= 0.6 is 0 Å². The smallest absolute Gasteiger partial charge is 0.243 e. The average Bonchev–Trinajstić information content (AvgIpc) is 2.50. The van der Waals surface area contributed by atoms with Crippen LogP contribution in [0.1, 0.15) is 22.2 Å². The largest absolute Gasteiger partial charge is 0.497 e. The Morgan fingerprint density at radius 2 is 1.90 bits per heavy atom. The molecule has 1 fully saturated rings. The first-order valence-electron chi connectivity index (χ1n) is 7.56. The molecule has 2 amide bonds. The molecule has 1 aliphatic rings. The summed E-state index contributed by atoms with van der Waals surface area (Å²) in [7, 11) is 1.53. The molecule has 1 aromatic carbocycles. The van der Waals surface area contributed by atoms with E-state index in [-0.39, 0.29) is 5.92 Å². The van der Waals surface area contributed by atoms with E-state index in [1.54, 1.807) is 24.3 Å². The fraction of sp³-hybridized carbons (Fsp3) is 0.467. The summed E-state index contributed by atoms with van der Waals surface area (Å²) in [5.41, 5.74) is 0.453. The van der Waals surface area contributed by atoms with Crippen LogP contribution in [0, 0.1) is 5.92 Å². The van der Waals surface area contributed by atoms with Gasteiger partial charge in [-0.2, -0.15) is 0 Å². The van der Waals surface area contributed by atoms with Crippen molar-refractivity contribution in [3.8, 4) is 5.75 Å². The predicted octanol–water partition coefficient (Wildman–Crippen LogP) is 0.877. The van der Waals surface area contributed by atoms with Crippen LogP contribution in [0.25, 0.3) is 0 Å². The first-order valence-corrected chi connectivity index (χ1v) is 6.48. The second-order valence-electron chi connectivity index (χ2n) is 5.02. The molecule has 0 unspecified atom stereocenters. The third-order valence-corrected chi connectivity index (χ3v) is 3.17. The molecule has 2 N–H and O–H groups in total. The Labute approximate surface area is 121 Å². The number of hydrogen-bond donors (Lipinski definition) is 2. The Bertz CT molecular complexity index is 577. The Kier molecular flexibility index (Phi) is 3.49. The minimum atomic E-state index is -2.04. The van der Waals surface area contributed by atoms with Gasteiger partial charge in [-0.25, -0.2) is 0 Å². The monoisotopic (exact) mass is 278 g/mol. The molecule has 20 heavy (non-hydrogen) atoms. The van der Waals surface area contributed by atoms with Crippen LogP contribution in [0.15, 0.2) is 24.3 Å². The van der Waals surface area contributed by atoms with Crippen molar-refractivity contribution < 1.29 is 17.1 Å². The summed E-state index contributed by atoms with van der Waals surface area (Å²) >= 11 is 0. The van der Waals surface area contributed by atoms with E-state index in [9.17, 15) is 9.59 Å². The molecule has 0 saturated carbocycles. The van der Waals surface area contributed by atoms with Gasteiger partial charge in [-0.3, -0.25) is 9.59 Å². The molecule has 108 valence electrons. The highest BCUT2D eigenvalue weighted by Crippen LogP contribution is 2.14. The van der Waals surface area contributed by atoms with E-state index < -0.39 is 30.3 Å². The Hall–Kier alpha value is -2.04. The predicted molar refractivity (Wildman–Crippen MR) is 75.4 cm³/mol. The van der Waals surface area contributed by atoms with Crippen LogP contribution in [0.3, 0.4) is 0 Å². The third-order valence-electron chi connectivity index (χ3n) is 3.17. The van der Waals surface area contributed by atoms with Gasteiger partial charge >= 0.3 is 0 Å². The summed E-state index contributed by atoms with van der Waals surface area (Å²) in [5, 5.41) is 4.94. The summed E-state index contributed by atoms with van der Waals surface area (Å²) in [4.78, 5) is 24.3. The molecule has 2 rings (SSSR count). The molecule has 0 bridgehead atoms. The maximum atomic E-state index is 12.3. The number of nitrogens with one attached hydrogen (secondary N) is 2. The van der Waals surface area contributed by atoms with Gasteiger partial charge in [0.05, 0.1) is 8.48 Å². The topological polar surface area (TPSA) is 67.4 Å². The summed E-state index contributed by atoms with van der Waals surface area (Å²) in [6.45, 7) is 3.62. The number of amides is 2. The molecule has 5 heteroatoms. The van der Waals surface area contributed by atoms with E-state index in [0.29, 0.717) is 11.3 Å². The van der Waals surface area contributed by atoms with Crippen LogP contribution in [0.4, 0.5) is 0 Å². The van der Waals surface area contributed by atoms with Gasteiger partial charge in [0.2, 0.25) is 11.8 Å². The van der Waals surface area contributed by atoms with Gasteiger partial charge in [-0.05, 0) is 23.6 Å². The van der Waals surface area contributed by atoms with Crippen molar-refractivity contribution in [2.75, 3.05) is 7.11 Å². The summed E-state index contributed by atoms with van der Waals surface area (Å²) in [5.74, 6) is -0.567. The van der Waals surface area contributed by atoms with E-state index in [4.69, 9.17) is 7.48 Å². The summed E-state index contributed by atoms with van der Waals surface area (Å²) in [6, 6.07) is 3.81. The first kappa shape index (κ1) is 11.8. The quantitative estimate of drug-likeness (QED) is 0.859. The van der Waals surface area contributed by atoms with E-state index in [2.05, 4.69) is 10.6 Å². The number of rotatable bonds is 4. The van der Waals surface area contributed by atoms with Crippen LogP contribution in [0.5, 0.6) is 5.75 Å². The highest BCUT2D eigenvalue weighted by molar-refractivity contribution is 5.97. The maximum Gasteiger partial charge on any atom is 0.243 e. The molecule has 1 aromatic rings. The van der Waals surface area contributed by atoms with Gasteiger partial charge in [0.25, 0.3) is 0 Å². The maximum absolute atomic E-state index is 12.3. The molecule has 0 aromatic heterocycles. The Morgan fingerprint density at radius 1 is 1.25 bits per heavy atom. The molecule has 0 radical (unpaired) electrons. The van der Waals surface area contributed by atoms with Gasteiger partial charge in [0.1, 0.15) is 17.8 Å². The fourth-order valence-electron chi connectivity index (χ4n) is 1.99. The standard InChI is InChI=1S/C15H20N2O3/c1-9(2)13-15(19)16-12(14(18)17-13)8-10-4-6-11(20-3)7-5-10/h4-7,9,12-13H,8H2,1-3H3,(H,16,19)(H,17,18)/t12-,13-/m0/s1/i8D,12D/t8-,12+,13+/m1.